The molecule has 1 aliphatic rings. The lowest BCUT2D eigenvalue weighted by molar-refractivity contribution is -0.149. The number of likely N-dealkylation sites (tertiary alicyclic amines) is 1. The van der Waals surface area contributed by atoms with E-state index >= 15 is 0 Å². The molecule has 0 bridgehead atoms. The number of hydrogen-bond acceptors (Lipinski definition) is 2. The molecule has 1 rings (SSSR count). The Hall–Kier alpha value is -1.33. The molecule has 0 aromatic heterocycles. The van der Waals surface area contributed by atoms with Gasteiger partial charge in [-0.1, -0.05) is 0 Å². The summed E-state index contributed by atoms with van der Waals surface area (Å²) in [6.45, 7) is -1.19. The van der Waals surface area contributed by atoms with Crippen LogP contribution in [0.5, 0.6) is 0 Å². The molecular formula is C7H10FNO4. The molecule has 0 aromatic rings. The van der Waals surface area contributed by atoms with Gasteiger partial charge >= 0.3 is 12.1 Å². The molecule has 13 heavy (non-hydrogen) atoms. The molecule has 5 nitrogen and oxygen atoms in total. The Labute approximate surface area is 73.8 Å². The van der Waals surface area contributed by atoms with Crippen molar-refractivity contribution >= 4 is 12.1 Å². The van der Waals surface area contributed by atoms with Gasteiger partial charge in [0.05, 0.1) is 0 Å². The molecule has 6 heteroatoms. The van der Waals surface area contributed by atoms with Crippen LogP contribution < -0.4 is 0 Å². The monoisotopic (exact) mass is 191 g/mol. The summed E-state index contributed by atoms with van der Waals surface area (Å²) in [6, 6.07) is 0. The van der Waals surface area contributed by atoms with Crippen LogP contribution in [0.2, 0.25) is 0 Å². The predicted molar refractivity (Wildman–Crippen MR) is 40.3 cm³/mol. The van der Waals surface area contributed by atoms with E-state index in [1.54, 1.807) is 0 Å². The van der Waals surface area contributed by atoms with Crippen LogP contribution >= 0.6 is 0 Å². The van der Waals surface area contributed by atoms with Gasteiger partial charge in [-0.2, -0.15) is 0 Å². The molecule has 2 N–H and O–H groups in total. The van der Waals surface area contributed by atoms with E-state index in [9.17, 15) is 14.0 Å². The molecule has 0 saturated carbocycles. The highest BCUT2D eigenvalue weighted by Gasteiger charge is 2.46. The van der Waals surface area contributed by atoms with Gasteiger partial charge in [0, 0.05) is 13.1 Å². The van der Waals surface area contributed by atoms with Crippen molar-refractivity contribution in [1.29, 1.82) is 0 Å². The molecule has 1 amide bonds. The van der Waals surface area contributed by atoms with Crippen LogP contribution in [0.25, 0.3) is 0 Å². The van der Waals surface area contributed by atoms with Crippen molar-refractivity contribution in [2.24, 2.45) is 5.41 Å². The van der Waals surface area contributed by atoms with Gasteiger partial charge in [0.1, 0.15) is 12.1 Å². The van der Waals surface area contributed by atoms with E-state index in [1.165, 1.54) is 0 Å². The van der Waals surface area contributed by atoms with E-state index in [1.807, 2.05) is 0 Å². The van der Waals surface area contributed by atoms with Crippen LogP contribution in [0.3, 0.4) is 0 Å². The minimum Gasteiger partial charge on any atom is -0.481 e. The maximum atomic E-state index is 12.4. The number of hydrogen-bond donors (Lipinski definition) is 2. The molecule has 0 aliphatic carbocycles. The average Bonchev–Trinajstić information content (AvgIpc) is 2.49. The van der Waals surface area contributed by atoms with Crippen molar-refractivity contribution in [2.45, 2.75) is 6.42 Å². The summed E-state index contributed by atoms with van der Waals surface area (Å²) >= 11 is 0. The summed E-state index contributed by atoms with van der Waals surface area (Å²) < 4.78 is 12.4. The molecule has 74 valence electrons. The highest BCUT2D eigenvalue weighted by Crippen LogP contribution is 2.31. The first-order chi connectivity index (χ1) is 6.02. The van der Waals surface area contributed by atoms with Crippen LogP contribution in [0, 0.1) is 5.41 Å². The second-order valence-corrected chi connectivity index (χ2v) is 3.17. The zero-order chi connectivity index (χ0) is 10.1. The topological polar surface area (TPSA) is 77.8 Å². The van der Waals surface area contributed by atoms with Gasteiger partial charge in [0.15, 0.2) is 0 Å². The van der Waals surface area contributed by atoms with E-state index < -0.39 is 24.2 Å². The van der Waals surface area contributed by atoms with Crippen LogP contribution in [0.15, 0.2) is 0 Å². The molecule has 1 unspecified atom stereocenters. The van der Waals surface area contributed by atoms with E-state index in [0.717, 1.165) is 4.90 Å². The number of nitrogens with zero attached hydrogens (tertiary/aromatic N) is 1. The summed E-state index contributed by atoms with van der Waals surface area (Å²) in [5, 5.41) is 17.2. The summed E-state index contributed by atoms with van der Waals surface area (Å²) in [4.78, 5) is 22.0. The molecule has 1 saturated heterocycles. The first kappa shape index (κ1) is 9.76. The number of rotatable bonds is 2. The fourth-order valence-corrected chi connectivity index (χ4v) is 1.38. The first-order valence-corrected chi connectivity index (χ1v) is 3.79. The second-order valence-electron chi connectivity index (χ2n) is 3.17. The normalized spacial score (nSPS) is 27.6. The molecule has 0 spiro atoms. The summed E-state index contributed by atoms with van der Waals surface area (Å²) in [7, 11) is 0. The summed E-state index contributed by atoms with van der Waals surface area (Å²) in [5.74, 6) is -1.27. The smallest absolute Gasteiger partial charge is 0.407 e. The average molecular weight is 191 g/mol. The van der Waals surface area contributed by atoms with Crippen molar-refractivity contribution in [2.75, 3.05) is 19.8 Å². The highest BCUT2D eigenvalue weighted by atomic mass is 19.1. The number of aliphatic carboxylic acids is 1. The standard InChI is InChI=1S/C7H10FNO4/c8-3-7(5(10)11)1-2-9(4-7)6(12)13/h1-4H2,(H,10,11)(H,12,13). The second kappa shape index (κ2) is 3.20. The van der Waals surface area contributed by atoms with Crippen molar-refractivity contribution in [3.8, 4) is 0 Å². The van der Waals surface area contributed by atoms with E-state index in [0.29, 0.717) is 0 Å². The van der Waals surface area contributed by atoms with Gasteiger partial charge in [-0.15, -0.1) is 0 Å². The largest absolute Gasteiger partial charge is 0.481 e. The highest BCUT2D eigenvalue weighted by molar-refractivity contribution is 5.77. The zero-order valence-electron chi connectivity index (χ0n) is 6.86. The number of amides is 1. The third kappa shape index (κ3) is 1.56. The first-order valence-electron chi connectivity index (χ1n) is 3.79. The molecular weight excluding hydrogens is 181 g/mol. The lowest BCUT2D eigenvalue weighted by atomic mass is 9.89. The maximum Gasteiger partial charge on any atom is 0.407 e. The Balaban J connectivity index is 2.74. The minimum atomic E-state index is -1.52. The van der Waals surface area contributed by atoms with Crippen LogP contribution in [-0.2, 0) is 4.79 Å². The quantitative estimate of drug-likeness (QED) is 0.662. The molecule has 1 aliphatic heterocycles. The zero-order valence-corrected chi connectivity index (χ0v) is 6.86. The molecule has 0 radical (unpaired) electrons. The Morgan fingerprint density at radius 1 is 1.46 bits per heavy atom. The third-order valence-electron chi connectivity index (χ3n) is 2.33. The lowest BCUT2D eigenvalue weighted by Gasteiger charge is -2.19. The fourth-order valence-electron chi connectivity index (χ4n) is 1.38. The van der Waals surface area contributed by atoms with Crippen LogP contribution in [0.4, 0.5) is 9.18 Å². The van der Waals surface area contributed by atoms with Gasteiger partial charge in [0.2, 0.25) is 0 Å². The SMILES string of the molecule is O=C(O)N1CCC(CF)(C(=O)O)C1. The van der Waals surface area contributed by atoms with Crippen molar-refractivity contribution in [3.05, 3.63) is 0 Å². The minimum absolute atomic E-state index is 0.0468. The van der Waals surface area contributed by atoms with Gasteiger partial charge in [-0.05, 0) is 6.42 Å². The summed E-state index contributed by atoms with van der Waals surface area (Å²) in [6.07, 6.45) is -1.15. The maximum absolute atomic E-state index is 12.4. The van der Waals surface area contributed by atoms with Crippen molar-refractivity contribution < 1.29 is 24.2 Å². The van der Waals surface area contributed by atoms with Crippen LogP contribution in [0.1, 0.15) is 6.42 Å². The molecule has 1 atom stereocenters. The number of carboxylic acid groups (broad SMARTS) is 2. The lowest BCUT2D eigenvalue weighted by Crippen LogP contribution is -2.38. The molecule has 1 heterocycles. The summed E-state index contributed by atoms with van der Waals surface area (Å²) in [5.41, 5.74) is -1.52. The number of alkyl halides is 1. The van der Waals surface area contributed by atoms with E-state index in [2.05, 4.69) is 0 Å². The van der Waals surface area contributed by atoms with E-state index in [-0.39, 0.29) is 19.5 Å². The van der Waals surface area contributed by atoms with Crippen molar-refractivity contribution in [1.82, 2.24) is 4.90 Å². The number of carboxylic acids is 1. The Morgan fingerprint density at radius 2 is 2.08 bits per heavy atom. The van der Waals surface area contributed by atoms with Crippen molar-refractivity contribution in [3.63, 3.8) is 0 Å². The predicted octanol–water partition coefficient (Wildman–Crippen LogP) is 0.411. The van der Waals surface area contributed by atoms with Gasteiger partial charge in [-0.3, -0.25) is 4.79 Å². The van der Waals surface area contributed by atoms with Gasteiger partial charge in [0.25, 0.3) is 0 Å². The van der Waals surface area contributed by atoms with Gasteiger partial charge < -0.3 is 15.1 Å². The van der Waals surface area contributed by atoms with E-state index in [4.69, 9.17) is 10.2 Å². The Morgan fingerprint density at radius 3 is 2.31 bits per heavy atom. The molecule has 1 fully saturated rings. The number of halogens is 1. The molecule has 0 aromatic carbocycles. The third-order valence-corrected chi connectivity index (χ3v) is 2.33. The Kier molecular flexibility index (Phi) is 2.40. The number of carbonyl (C=O) groups is 2. The Bertz CT molecular complexity index is 245. The fraction of sp³-hybridized carbons (Fsp3) is 0.714. The van der Waals surface area contributed by atoms with Crippen LogP contribution in [-0.4, -0.2) is 46.9 Å². The van der Waals surface area contributed by atoms with Gasteiger partial charge in [-0.25, -0.2) is 9.18 Å².